The second-order valence-electron chi connectivity index (χ2n) is 7.95. The fourth-order valence-corrected chi connectivity index (χ4v) is 5.33. The van der Waals surface area contributed by atoms with E-state index in [0.717, 1.165) is 31.9 Å². The maximum Gasteiger partial charge on any atom is 0.220 e. The van der Waals surface area contributed by atoms with Gasteiger partial charge in [-0.1, -0.05) is 35.5 Å². The zero-order valence-electron chi connectivity index (χ0n) is 17.3. The summed E-state index contributed by atoms with van der Waals surface area (Å²) in [5.74, 6) is 0.741. The van der Waals surface area contributed by atoms with Crippen LogP contribution in [0.1, 0.15) is 31.0 Å². The Morgan fingerprint density at radius 1 is 1.17 bits per heavy atom. The average Bonchev–Trinajstić information content (AvgIpc) is 3.39. The number of hydrogen-bond donors (Lipinski definition) is 1. The molecule has 1 aromatic heterocycles. The van der Waals surface area contributed by atoms with Gasteiger partial charge in [-0.3, -0.25) is 4.99 Å². The third-order valence-electron chi connectivity index (χ3n) is 5.86. The number of nitrogens with one attached hydrogen (secondary N) is 1. The number of piperazine rings is 1. The first-order valence-electron chi connectivity index (χ1n) is 10.5. The number of sulfonamides is 1. The lowest BCUT2D eigenvalue weighted by Crippen LogP contribution is -2.54. The zero-order valence-corrected chi connectivity index (χ0v) is 18.1. The zero-order chi connectivity index (χ0) is 21.0. The van der Waals surface area contributed by atoms with E-state index < -0.39 is 10.0 Å². The van der Waals surface area contributed by atoms with Gasteiger partial charge in [-0.05, 0) is 25.3 Å². The molecule has 1 aliphatic carbocycles. The van der Waals surface area contributed by atoms with Gasteiger partial charge in [-0.2, -0.15) is 4.31 Å². The summed E-state index contributed by atoms with van der Waals surface area (Å²) in [5.41, 5.74) is 1.95. The molecule has 0 atom stereocenters. The van der Waals surface area contributed by atoms with E-state index >= 15 is 0 Å². The topological polar surface area (TPSA) is 91.0 Å². The predicted octanol–water partition coefficient (Wildman–Crippen LogP) is 1.82. The molecule has 2 aliphatic rings. The summed E-state index contributed by atoms with van der Waals surface area (Å²) >= 11 is 0. The molecule has 0 spiro atoms. The van der Waals surface area contributed by atoms with Crippen molar-refractivity contribution in [2.45, 2.75) is 30.9 Å². The van der Waals surface area contributed by atoms with Crippen molar-refractivity contribution in [1.82, 2.24) is 19.7 Å². The van der Waals surface area contributed by atoms with Crippen LogP contribution >= 0.6 is 0 Å². The molecule has 0 bridgehead atoms. The lowest BCUT2D eigenvalue weighted by atomic mass is 9.96. The van der Waals surface area contributed by atoms with Crippen LogP contribution in [0, 0.1) is 0 Å². The lowest BCUT2D eigenvalue weighted by Gasteiger charge is -2.36. The number of benzene rings is 1. The highest BCUT2D eigenvalue weighted by Gasteiger charge is 2.44. The summed E-state index contributed by atoms with van der Waals surface area (Å²) in [6, 6.07) is 12.2. The molecule has 30 heavy (non-hydrogen) atoms. The Labute approximate surface area is 178 Å². The van der Waals surface area contributed by atoms with Gasteiger partial charge in [0.05, 0.1) is 12.2 Å². The summed E-state index contributed by atoms with van der Waals surface area (Å²) < 4.78 is 31.6. The molecule has 1 N–H and O–H groups in total. The van der Waals surface area contributed by atoms with Crippen molar-refractivity contribution >= 4 is 16.0 Å². The quantitative estimate of drug-likeness (QED) is 0.531. The van der Waals surface area contributed by atoms with E-state index in [4.69, 9.17) is 9.52 Å². The fraction of sp³-hybridized carbons (Fsp3) is 0.524. The van der Waals surface area contributed by atoms with Crippen molar-refractivity contribution < 1.29 is 12.9 Å². The normalized spacial score (nSPS) is 19.6. The van der Waals surface area contributed by atoms with Crippen molar-refractivity contribution in [1.29, 1.82) is 0 Å². The minimum absolute atomic E-state index is 0.128. The Kier molecular flexibility index (Phi) is 6.10. The van der Waals surface area contributed by atoms with Crippen LogP contribution in [-0.2, 0) is 21.2 Å². The van der Waals surface area contributed by atoms with Gasteiger partial charge in [-0.15, -0.1) is 0 Å². The first-order chi connectivity index (χ1) is 14.5. The minimum Gasteiger partial charge on any atom is -0.364 e. The van der Waals surface area contributed by atoms with E-state index in [1.807, 2.05) is 6.07 Å². The van der Waals surface area contributed by atoms with Crippen molar-refractivity contribution in [3.63, 3.8) is 0 Å². The van der Waals surface area contributed by atoms with Crippen LogP contribution in [-0.4, -0.2) is 68.0 Å². The number of aromatic nitrogens is 1. The molecule has 1 aliphatic heterocycles. The van der Waals surface area contributed by atoms with Crippen molar-refractivity contribution in [2.24, 2.45) is 4.99 Å². The SMILES string of the molecule is CCNC(=NCC1(c2ccccc2)CC1)N1CCN(S(=O)(=O)Cc2ccon2)CC1. The Hall–Kier alpha value is -2.39. The highest BCUT2D eigenvalue weighted by molar-refractivity contribution is 7.88. The molecule has 1 aromatic carbocycles. The molecule has 4 rings (SSSR count). The van der Waals surface area contributed by atoms with Crippen LogP contribution < -0.4 is 5.32 Å². The van der Waals surface area contributed by atoms with Crippen molar-refractivity contribution in [2.75, 3.05) is 39.3 Å². The van der Waals surface area contributed by atoms with E-state index in [1.165, 1.54) is 16.1 Å². The minimum atomic E-state index is -3.41. The maximum absolute atomic E-state index is 12.7. The third kappa shape index (κ3) is 4.67. The van der Waals surface area contributed by atoms with Gasteiger partial charge in [0.2, 0.25) is 10.0 Å². The number of hydrogen-bond acceptors (Lipinski definition) is 5. The second kappa shape index (κ2) is 8.77. The van der Waals surface area contributed by atoms with E-state index in [1.54, 1.807) is 6.07 Å². The van der Waals surface area contributed by atoms with Gasteiger partial charge < -0.3 is 14.7 Å². The van der Waals surface area contributed by atoms with Crippen LogP contribution in [0.15, 0.2) is 52.2 Å². The Morgan fingerprint density at radius 3 is 2.50 bits per heavy atom. The standard InChI is InChI=1S/C21H29N5O3S/c1-2-22-20(23-17-21(9-10-21)18-6-4-3-5-7-18)25-11-13-26(14-12-25)30(27,28)16-19-8-15-29-24-19/h3-8,15H,2,9-14,16-17H2,1H3,(H,22,23). The molecule has 2 aromatic rings. The van der Waals surface area contributed by atoms with Crippen molar-refractivity contribution in [3.8, 4) is 0 Å². The first-order valence-corrected chi connectivity index (χ1v) is 12.1. The van der Waals surface area contributed by atoms with Gasteiger partial charge >= 0.3 is 0 Å². The van der Waals surface area contributed by atoms with Gasteiger partial charge in [0, 0.05) is 44.2 Å². The molecule has 2 fully saturated rings. The second-order valence-corrected chi connectivity index (χ2v) is 9.92. The first kappa shape index (κ1) is 20.9. The lowest BCUT2D eigenvalue weighted by molar-refractivity contribution is 0.259. The summed E-state index contributed by atoms with van der Waals surface area (Å²) in [4.78, 5) is 7.10. The third-order valence-corrected chi connectivity index (χ3v) is 7.67. The molecule has 2 heterocycles. The summed E-state index contributed by atoms with van der Waals surface area (Å²) in [6.07, 6.45) is 3.71. The highest BCUT2D eigenvalue weighted by Crippen LogP contribution is 2.48. The predicted molar refractivity (Wildman–Crippen MR) is 116 cm³/mol. The van der Waals surface area contributed by atoms with Crippen molar-refractivity contribution in [3.05, 3.63) is 53.9 Å². The number of nitrogens with zero attached hydrogens (tertiary/aromatic N) is 4. The van der Waals surface area contributed by atoms with Gasteiger partial charge in [0.15, 0.2) is 5.96 Å². The average molecular weight is 432 g/mol. The van der Waals surface area contributed by atoms with Gasteiger partial charge in [-0.25, -0.2) is 8.42 Å². The monoisotopic (exact) mass is 431 g/mol. The van der Waals surface area contributed by atoms with Crippen LogP contribution in [0.3, 0.4) is 0 Å². The molecular weight excluding hydrogens is 402 g/mol. The highest BCUT2D eigenvalue weighted by atomic mass is 32.2. The molecule has 162 valence electrons. The summed E-state index contributed by atoms with van der Waals surface area (Å²) in [6.45, 7) is 5.69. The van der Waals surface area contributed by atoms with Crippen LogP contribution in [0.2, 0.25) is 0 Å². The number of aliphatic imine (C=N–C) groups is 1. The molecule has 1 saturated heterocycles. The van der Waals surface area contributed by atoms with E-state index in [9.17, 15) is 8.42 Å². The van der Waals surface area contributed by atoms with E-state index in [2.05, 4.69) is 46.6 Å². The molecular formula is C21H29N5O3S. The Balaban J connectivity index is 1.38. The molecule has 8 nitrogen and oxygen atoms in total. The van der Waals surface area contributed by atoms with Gasteiger partial charge in [0.25, 0.3) is 0 Å². The Morgan fingerprint density at radius 2 is 1.90 bits per heavy atom. The van der Waals surface area contributed by atoms with Crippen LogP contribution in [0.4, 0.5) is 0 Å². The molecule has 0 radical (unpaired) electrons. The summed E-state index contributed by atoms with van der Waals surface area (Å²) in [5, 5.41) is 7.10. The molecule has 1 saturated carbocycles. The molecule has 0 unspecified atom stereocenters. The number of guanidine groups is 1. The Bertz CT molecular complexity index is 948. The molecule has 9 heteroatoms. The summed E-state index contributed by atoms with van der Waals surface area (Å²) in [7, 11) is -3.41. The van der Waals surface area contributed by atoms with Gasteiger partial charge in [0.1, 0.15) is 12.0 Å². The largest absolute Gasteiger partial charge is 0.364 e. The maximum atomic E-state index is 12.7. The van der Waals surface area contributed by atoms with Crippen LogP contribution in [0.25, 0.3) is 0 Å². The number of rotatable bonds is 7. The smallest absolute Gasteiger partial charge is 0.220 e. The van der Waals surface area contributed by atoms with Crippen LogP contribution in [0.5, 0.6) is 0 Å². The van der Waals surface area contributed by atoms with E-state index in [-0.39, 0.29) is 11.2 Å². The molecule has 0 amide bonds. The fourth-order valence-electron chi connectivity index (χ4n) is 3.90. The van der Waals surface area contributed by atoms with E-state index in [0.29, 0.717) is 31.9 Å².